The summed E-state index contributed by atoms with van der Waals surface area (Å²) >= 11 is 1.70. The van der Waals surface area contributed by atoms with Crippen LogP contribution in [0.5, 0.6) is 0 Å². The van der Waals surface area contributed by atoms with E-state index in [-0.39, 0.29) is 5.91 Å². The highest BCUT2D eigenvalue weighted by Crippen LogP contribution is 2.25. The molecule has 2 aromatic rings. The first-order chi connectivity index (χ1) is 10.1. The van der Waals surface area contributed by atoms with Crippen molar-refractivity contribution < 1.29 is 4.79 Å². The van der Waals surface area contributed by atoms with Gasteiger partial charge >= 0.3 is 0 Å². The smallest absolute Gasteiger partial charge is 0.251 e. The summed E-state index contributed by atoms with van der Waals surface area (Å²) in [4.78, 5) is 13.0. The first kappa shape index (κ1) is 15.3. The molecule has 0 aliphatic heterocycles. The minimum Gasteiger partial charge on any atom is -0.397 e. The summed E-state index contributed by atoms with van der Waals surface area (Å²) in [6.07, 6.45) is 2.04. The number of nitrogens with one attached hydrogen (secondary N) is 2. The Labute approximate surface area is 129 Å². The number of benzene rings is 2. The van der Waals surface area contributed by atoms with E-state index in [4.69, 9.17) is 5.73 Å². The second-order valence-corrected chi connectivity index (χ2v) is 5.39. The second kappa shape index (κ2) is 7.04. The molecular weight excluding hydrogens is 282 g/mol. The van der Waals surface area contributed by atoms with Gasteiger partial charge in [0.05, 0.1) is 11.4 Å². The first-order valence-electron chi connectivity index (χ1n) is 6.73. The molecule has 0 aromatic heterocycles. The third-order valence-corrected chi connectivity index (χ3v) is 3.76. The predicted molar refractivity (Wildman–Crippen MR) is 90.4 cm³/mol. The Morgan fingerprint density at radius 3 is 2.48 bits per heavy atom. The van der Waals surface area contributed by atoms with E-state index in [0.29, 0.717) is 17.8 Å². The number of hydrogen-bond acceptors (Lipinski definition) is 4. The molecule has 0 atom stereocenters. The maximum atomic E-state index is 11.7. The Kier molecular flexibility index (Phi) is 5.11. The van der Waals surface area contributed by atoms with Gasteiger partial charge in [0, 0.05) is 22.7 Å². The van der Waals surface area contributed by atoms with E-state index in [1.54, 1.807) is 23.9 Å². The van der Waals surface area contributed by atoms with Crippen molar-refractivity contribution in [2.45, 2.75) is 11.8 Å². The van der Waals surface area contributed by atoms with Gasteiger partial charge in [0.15, 0.2) is 0 Å². The van der Waals surface area contributed by atoms with Crippen molar-refractivity contribution in [3.05, 3.63) is 48.0 Å². The van der Waals surface area contributed by atoms with Gasteiger partial charge < -0.3 is 16.4 Å². The maximum absolute atomic E-state index is 11.7. The van der Waals surface area contributed by atoms with Crippen LogP contribution in [0.4, 0.5) is 17.1 Å². The molecule has 0 saturated heterocycles. The van der Waals surface area contributed by atoms with Gasteiger partial charge in [-0.15, -0.1) is 11.8 Å². The van der Waals surface area contributed by atoms with Crippen molar-refractivity contribution in [3.8, 4) is 0 Å². The fraction of sp³-hybridized carbons (Fsp3) is 0.188. The third kappa shape index (κ3) is 3.92. The van der Waals surface area contributed by atoms with E-state index in [1.807, 2.05) is 43.5 Å². The number of rotatable bonds is 5. The quantitative estimate of drug-likeness (QED) is 0.584. The monoisotopic (exact) mass is 301 g/mol. The molecule has 0 saturated carbocycles. The average Bonchev–Trinajstić information content (AvgIpc) is 2.50. The minimum absolute atomic E-state index is 0.111. The lowest BCUT2D eigenvalue weighted by Crippen LogP contribution is -2.22. The predicted octanol–water partition coefficient (Wildman–Crippen LogP) is 3.48. The summed E-state index contributed by atoms with van der Waals surface area (Å²) < 4.78 is 0. The highest BCUT2D eigenvalue weighted by Gasteiger charge is 2.07. The lowest BCUT2D eigenvalue weighted by molar-refractivity contribution is 0.0956. The summed E-state index contributed by atoms with van der Waals surface area (Å²) in [5.41, 5.74) is 8.88. The molecule has 21 heavy (non-hydrogen) atoms. The lowest BCUT2D eigenvalue weighted by Gasteiger charge is -2.11. The van der Waals surface area contributed by atoms with E-state index < -0.39 is 0 Å². The Balaban J connectivity index is 2.15. The van der Waals surface area contributed by atoms with Crippen LogP contribution in [0, 0.1) is 0 Å². The second-order valence-electron chi connectivity index (χ2n) is 4.51. The molecule has 0 bridgehead atoms. The molecule has 110 valence electrons. The van der Waals surface area contributed by atoms with Gasteiger partial charge in [-0.3, -0.25) is 4.79 Å². The largest absolute Gasteiger partial charge is 0.397 e. The number of hydrogen-bond donors (Lipinski definition) is 3. The normalized spacial score (nSPS) is 10.2. The van der Waals surface area contributed by atoms with E-state index in [2.05, 4.69) is 10.6 Å². The van der Waals surface area contributed by atoms with E-state index in [9.17, 15) is 4.79 Å². The van der Waals surface area contributed by atoms with Gasteiger partial charge in [-0.1, -0.05) is 0 Å². The summed E-state index contributed by atoms with van der Waals surface area (Å²) in [5.74, 6) is -0.111. The van der Waals surface area contributed by atoms with E-state index in [1.165, 1.54) is 4.90 Å². The van der Waals surface area contributed by atoms with E-state index >= 15 is 0 Å². The topological polar surface area (TPSA) is 67.2 Å². The zero-order valence-corrected chi connectivity index (χ0v) is 13.0. The number of carbonyl (C=O) groups is 1. The summed E-state index contributed by atoms with van der Waals surface area (Å²) in [5, 5.41) is 6.01. The Bertz CT molecular complexity index is 626. The van der Waals surface area contributed by atoms with Gasteiger partial charge in [-0.2, -0.15) is 0 Å². The van der Waals surface area contributed by atoms with Gasteiger partial charge in [-0.25, -0.2) is 0 Å². The number of nitrogens with two attached hydrogens (primary N) is 1. The fourth-order valence-electron chi connectivity index (χ4n) is 1.91. The van der Waals surface area contributed by atoms with Crippen LogP contribution in [0.15, 0.2) is 47.4 Å². The molecular formula is C16H19N3OS. The third-order valence-electron chi connectivity index (χ3n) is 3.02. The van der Waals surface area contributed by atoms with Crippen LogP contribution in [-0.4, -0.2) is 18.7 Å². The number of thioether (sulfide) groups is 1. The molecule has 2 aromatic carbocycles. The van der Waals surface area contributed by atoms with Gasteiger partial charge in [0.1, 0.15) is 0 Å². The molecule has 0 aliphatic carbocycles. The molecule has 0 aliphatic rings. The van der Waals surface area contributed by atoms with Crippen molar-refractivity contribution in [2.75, 3.05) is 23.9 Å². The standard InChI is InChI=1S/C16H19N3OS/c1-3-18-16(20)11-4-9-15(14(17)10-11)19-12-5-7-13(21-2)8-6-12/h4-10,19H,3,17H2,1-2H3,(H,18,20). The maximum Gasteiger partial charge on any atom is 0.251 e. The number of anilines is 3. The Morgan fingerprint density at radius 2 is 1.90 bits per heavy atom. The SMILES string of the molecule is CCNC(=O)c1ccc(Nc2ccc(SC)cc2)c(N)c1. The van der Waals surface area contributed by atoms with Gasteiger partial charge in [-0.05, 0) is 55.6 Å². The zero-order chi connectivity index (χ0) is 15.2. The van der Waals surface area contributed by atoms with Crippen molar-refractivity contribution in [1.82, 2.24) is 5.32 Å². The van der Waals surface area contributed by atoms with Gasteiger partial charge in [0.25, 0.3) is 5.91 Å². The number of amides is 1. The van der Waals surface area contributed by atoms with Crippen LogP contribution in [0.2, 0.25) is 0 Å². The molecule has 1 amide bonds. The van der Waals surface area contributed by atoms with Crippen LogP contribution < -0.4 is 16.4 Å². The van der Waals surface area contributed by atoms with Crippen LogP contribution in [0.1, 0.15) is 17.3 Å². The van der Waals surface area contributed by atoms with Crippen LogP contribution >= 0.6 is 11.8 Å². The average molecular weight is 301 g/mol. The number of nitrogen functional groups attached to an aromatic ring is 1. The molecule has 0 unspecified atom stereocenters. The van der Waals surface area contributed by atoms with Crippen molar-refractivity contribution in [2.24, 2.45) is 0 Å². The molecule has 0 heterocycles. The summed E-state index contributed by atoms with van der Waals surface area (Å²) in [6.45, 7) is 2.48. The van der Waals surface area contributed by atoms with Crippen LogP contribution in [0.3, 0.4) is 0 Å². The summed E-state index contributed by atoms with van der Waals surface area (Å²) in [7, 11) is 0. The molecule has 2 rings (SSSR count). The molecule has 4 N–H and O–H groups in total. The fourth-order valence-corrected chi connectivity index (χ4v) is 2.32. The molecule has 0 radical (unpaired) electrons. The van der Waals surface area contributed by atoms with Gasteiger partial charge in [0.2, 0.25) is 0 Å². The van der Waals surface area contributed by atoms with Crippen LogP contribution in [-0.2, 0) is 0 Å². The van der Waals surface area contributed by atoms with Crippen LogP contribution in [0.25, 0.3) is 0 Å². The molecule has 0 fully saturated rings. The number of carbonyl (C=O) groups excluding carboxylic acids is 1. The Hall–Kier alpha value is -2.14. The highest BCUT2D eigenvalue weighted by atomic mass is 32.2. The molecule has 5 heteroatoms. The highest BCUT2D eigenvalue weighted by molar-refractivity contribution is 7.98. The first-order valence-corrected chi connectivity index (χ1v) is 7.95. The minimum atomic E-state index is -0.111. The Morgan fingerprint density at radius 1 is 1.19 bits per heavy atom. The van der Waals surface area contributed by atoms with Crippen molar-refractivity contribution in [1.29, 1.82) is 0 Å². The summed E-state index contributed by atoms with van der Waals surface area (Å²) in [6, 6.07) is 13.4. The molecule has 4 nitrogen and oxygen atoms in total. The molecule has 0 spiro atoms. The lowest BCUT2D eigenvalue weighted by atomic mass is 10.1. The van der Waals surface area contributed by atoms with Crippen molar-refractivity contribution in [3.63, 3.8) is 0 Å². The zero-order valence-electron chi connectivity index (χ0n) is 12.1. The van der Waals surface area contributed by atoms with Crippen molar-refractivity contribution >= 4 is 34.7 Å². The van der Waals surface area contributed by atoms with E-state index in [0.717, 1.165) is 11.4 Å².